The van der Waals surface area contributed by atoms with Gasteiger partial charge in [-0.05, 0) is 42.0 Å². The highest BCUT2D eigenvalue weighted by Crippen LogP contribution is 2.44. The third kappa shape index (κ3) is 5.18. The molecule has 0 spiro atoms. The Balaban J connectivity index is 1.30. The summed E-state index contributed by atoms with van der Waals surface area (Å²) in [5.41, 5.74) is 3.92. The van der Waals surface area contributed by atoms with Crippen molar-refractivity contribution >= 4 is 18.0 Å². The van der Waals surface area contributed by atoms with Gasteiger partial charge >= 0.3 is 12.1 Å². The van der Waals surface area contributed by atoms with Crippen LogP contribution in [0.5, 0.6) is 0 Å². The predicted octanol–water partition coefficient (Wildman–Crippen LogP) is 4.21. The molecule has 0 unspecified atom stereocenters. The molecule has 1 saturated carbocycles. The fourth-order valence-corrected chi connectivity index (χ4v) is 5.20. The van der Waals surface area contributed by atoms with E-state index < -0.39 is 23.6 Å². The number of carbonyl (C=O) groups is 3. The molecule has 0 heterocycles. The summed E-state index contributed by atoms with van der Waals surface area (Å²) in [5.74, 6) is -1.20. The summed E-state index contributed by atoms with van der Waals surface area (Å²) in [6, 6.07) is 15.8. The molecule has 1 fully saturated rings. The first-order chi connectivity index (χ1) is 15.9. The third-order valence-electron chi connectivity index (χ3n) is 6.65. The number of amides is 2. The average Bonchev–Trinajstić information content (AvgIpc) is 3.34. The number of fused-ring (bicyclic) bond motifs is 3. The van der Waals surface area contributed by atoms with Crippen molar-refractivity contribution in [1.29, 1.82) is 0 Å². The first-order valence-corrected chi connectivity index (χ1v) is 11.5. The monoisotopic (exact) mass is 450 g/mol. The highest BCUT2D eigenvalue weighted by Gasteiger charge is 2.37. The molecule has 0 aliphatic heterocycles. The summed E-state index contributed by atoms with van der Waals surface area (Å²) in [6.45, 7) is 1.94. The molecule has 3 N–H and O–H groups in total. The lowest BCUT2D eigenvalue weighted by molar-refractivity contribution is -0.139. The van der Waals surface area contributed by atoms with Gasteiger partial charge in [0.25, 0.3) is 0 Å². The van der Waals surface area contributed by atoms with E-state index in [4.69, 9.17) is 4.74 Å². The number of aliphatic carboxylic acids is 1. The first kappa shape index (κ1) is 22.8. The van der Waals surface area contributed by atoms with Crippen LogP contribution in [0.2, 0.25) is 0 Å². The molecule has 7 nitrogen and oxygen atoms in total. The summed E-state index contributed by atoms with van der Waals surface area (Å²) in [6.07, 6.45) is 2.55. The smallest absolute Gasteiger partial charge is 0.407 e. The van der Waals surface area contributed by atoms with Crippen LogP contribution < -0.4 is 10.6 Å². The third-order valence-corrected chi connectivity index (χ3v) is 6.65. The van der Waals surface area contributed by atoms with Crippen LogP contribution in [0.1, 0.15) is 62.5 Å². The van der Waals surface area contributed by atoms with E-state index >= 15 is 0 Å². The molecule has 0 aromatic heterocycles. The number of alkyl carbamates (subject to hydrolysis) is 1. The summed E-state index contributed by atoms with van der Waals surface area (Å²) >= 11 is 0. The quantitative estimate of drug-likeness (QED) is 0.559. The Kier molecular flexibility index (Phi) is 6.67. The molecule has 2 amide bonds. The standard InChI is InChI=1S/C26H30N2O5/c1-17(14-23(29)28-26(15-24(30)31)12-6-7-13-26)27-25(32)33-16-22-20-10-4-2-8-18(20)19-9-3-5-11-21(19)22/h2-5,8-11,17,22H,6-7,12-16H2,1H3,(H,27,32)(H,28,29)(H,30,31)/t17-/m1/s1. The van der Waals surface area contributed by atoms with Crippen molar-refractivity contribution in [2.75, 3.05) is 6.61 Å². The predicted molar refractivity (Wildman–Crippen MR) is 124 cm³/mol. The van der Waals surface area contributed by atoms with Crippen molar-refractivity contribution < 1.29 is 24.2 Å². The molecule has 174 valence electrons. The van der Waals surface area contributed by atoms with Crippen LogP contribution in [-0.4, -0.2) is 41.3 Å². The van der Waals surface area contributed by atoms with Gasteiger partial charge in [-0.2, -0.15) is 0 Å². The lowest BCUT2D eigenvalue weighted by Crippen LogP contribution is -2.49. The molecule has 2 aromatic carbocycles. The first-order valence-electron chi connectivity index (χ1n) is 11.5. The molecule has 0 saturated heterocycles. The minimum absolute atomic E-state index is 0.0278. The number of hydrogen-bond donors (Lipinski definition) is 3. The van der Waals surface area contributed by atoms with Crippen LogP contribution in [0.3, 0.4) is 0 Å². The zero-order chi connectivity index (χ0) is 23.4. The van der Waals surface area contributed by atoms with E-state index in [0.29, 0.717) is 12.8 Å². The van der Waals surface area contributed by atoms with Gasteiger partial charge in [0.05, 0.1) is 12.0 Å². The maximum absolute atomic E-state index is 12.5. The average molecular weight is 451 g/mol. The van der Waals surface area contributed by atoms with E-state index in [-0.39, 0.29) is 31.3 Å². The molecule has 1 atom stereocenters. The van der Waals surface area contributed by atoms with Crippen LogP contribution in [0.25, 0.3) is 11.1 Å². The van der Waals surface area contributed by atoms with E-state index in [9.17, 15) is 19.5 Å². The van der Waals surface area contributed by atoms with Gasteiger partial charge in [-0.25, -0.2) is 4.79 Å². The number of hydrogen-bond acceptors (Lipinski definition) is 4. The molecule has 33 heavy (non-hydrogen) atoms. The molecule has 2 aliphatic rings. The highest BCUT2D eigenvalue weighted by molar-refractivity contribution is 5.80. The maximum atomic E-state index is 12.5. The lowest BCUT2D eigenvalue weighted by atomic mass is 9.93. The second kappa shape index (κ2) is 9.65. The Bertz CT molecular complexity index is 999. The van der Waals surface area contributed by atoms with E-state index in [1.54, 1.807) is 6.92 Å². The number of carboxylic acid groups (broad SMARTS) is 1. The molecule has 0 bridgehead atoms. The molecule has 2 aliphatic carbocycles. The molecular formula is C26H30N2O5. The second-order valence-electron chi connectivity index (χ2n) is 9.18. The van der Waals surface area contributed by atoms with E-state index in [0.717, 1.165) is 35.1 Å². The van der Waals surface area contributed by atoms with Gasteiger partial charge in [0, 0.05) is 18.4 Å². The second-order valence-corrected chi connectivity index (χ2v) is 9.18. The number of rotatable bonds is 8. The van der Waals surface area contributed by atoms with Crippen molar-refractivity contribution in [2.45, 2.75) is 62.9 Å². The Morgan fingerprint density at radius 3 is 2.18 bits per heavy atom. The summed E-state index contributed by atoms with van der Waals surface area (Å²) in [5, 5.41) is 14.8. The highest BCUT2D eigenvalue weighted by atomic mass is 16.5. The van der Waals surface area contributed by atoms with Crippen molar-refractivity contribution in [2.24, 2.45) is 0 Å². The molecular weight excluding hydrogens is 420 g/mol. The van der Waals surface area contributed by atoms with Gasteiger partial charge in [-0.1, -0.05) is 61.4 Å². The van der Waals surface area contributed by atoms with Gasteiger partial charge in [-0.15, -0.1) is 0 Å². The van der Waals surface area contributed by atoms with E-state index in [1.165, 1.54) is 0 Å². The normalized spacial score (nSPS) is 17.0. The van der Waals surface area contributed by atoms with Gasteiger partial charge in [0.2, 0.25) is 5.91 Å². The minimum atomic E-state index is -0.915. The van der Waals surface area contributed by atoms with Crippen LogP contribution in [-0.2, 0) is 14.3 Å². The van der Waals surface area contributed by atoms with Crippen molar-refractivity contribution in [3.05, 3.63) is 59.7 Å². The topological polar surface area (TPSA) is 105 Å². The van der Waals surface area contributed by atoms with Crippen LogP contribution in [0.4, 0.5) is 4.79 Å². The zero-order valence-electron chi connectivity index (χ0n) is 18.8. The molecule has 2 aromatic rings. The Morgan fingerprint density at radius 2 is 1.61 bits per heavy atom. The number of benzene rings is 2. The largest absolute Gasteiger partial charge is 0.481 e. The fraction of sp³-hybridized carbons (Fsp3) is 0.423. The van der Waals surface area contributed by atoms with Crippen LogP contribution in [0, 0.1) is 0 Å². The van der Waals surface area contributed by atoms with Gasteiger partial charge in [-0.3, -0.25) is 9.59 Å². The van der Waals surface area contributed by atoms with Gasteiger partial charge < -0.3 is 20.5 Å². The number of carbonyl (C=O) groups excluding carboxylic acids is 2. The van der Waals surface area contributed by atoms with Crippen molar-refractivity contribution in [3.63, 3.8) is 0 Å². The summed E-state index contributed by atoms with van der Waals surface area (Å²) < 4.78 is 5.54. The maximum Gasteiger partial charge on any atom is 0.407 e. The number of nitrogens with one attached hydrogen (secondary N) is 2. The van der Waals surface area contributed by atoms with Crippen molar-refractivity contribution in [3.8, 4) is 11.1 Å². The van der Waals surface area contributed by atoms with Crippen molar-refractivity contribution in [1.82, 2.24) is 10.6 Å². The summed E-state index contributed by atoms with van der Waals surface area (Å²) in [4.78, 5) is 36.2. The van der Waals surface area contributed by atoms with Gasteiger partial charge in [0.1, 0.15) is 6.61 Å². The zero-order valence-corrected chi connectivity index (χ0v) is 18.8. The molecule has 7 heteroatoms. The lowest BCUT2D eigenvalue weighted by Gasteiger charge is -2.29. The number of carboxylic acids is 1. The van der Waals surface area contributed by atoms with E-state index in [2.05, 4.69) is 34.9 Å². The van der Waals surface area contributed by atoms with Gasteiger partial charge in [0.15, 0.2) is 0 Å². The minimum Gasteiger partial charge on any atom is -0.481 e. The SMILES string of the molecule is C[C@H](CC(=O)NC1(CC(=O)O)CCCC1)NC(=O)OCC1c2ccccc2-c2ccccc21. The molecule has 0 radical (unpaired) electrons. The Hall–Kier alpha value is -3.35. The summed E-state index contributed by atoms with van der Waals surface area (Å²) in [7, 11) is 0. The fourth-order valence-electron chi connectivity index (χ4n) is 5.20. The Morgan fingerprint density at radius 1 is 1.03 bits per heavy atom. The Labute approximate surface area is 193 Å². The van der Waals surface area contributed by atoms with Crippen LogP contribution >= 0.6 is 0 Å². The van der Waals surface area contributed by atoms with E-state index in [1.807, 2.05) is 24.3 Å². The molecule has 4 rings (SSSR count). The van der Waals surface area contributed by atoms with Crippen LogP contribution in [0.15, 0.2) is 48.5 Å². The number of ether oxygens (including phenoxy) is 1.